The van der Waals surface area contributed by atoms with Gasteiger partial charge in [0.2, 0.25) is 0 Å². The maximum atomic E-state index is 14.0. The SMILES string of the molecule is CC1=CC(C2Oc3ccc(F)cc3-c3ccc4c(c32)C=CC(C)(C)N4)CCC1. The fraction of sp³-hybridized carbons (Fsp3) is 0.360. The zero-order valence-corrected chi connectivity index (χ0v) is 16.7. The minimum atomic E-state index is -0.229. The molecule has 3 heteroatoms. The van der Waals surface area contributed by atoms with Crippen molar-refractivity contribution in [2.75, 3.05) is 5.32 Å². The lowest BCUT2D eigenvalue weighted by Gasteiger charge is -2.38. The molecule has 2 atom stereocenters. The number of ether oxygens (including phenoxy) is 1. The summed E-state index contributed by atoms with van der Waals surface area (Å²) in [6.07, 6.45) is 10.2. The fourth-order valence-electron chi connectivity index (χ4n) is 4.85. The van der Waals surface area contributed by atoms with E-state index in [1.807, 2.05) is 0 Å². The molecule has 144 valence electrons. The van der Waals surface area contributed by atoms with Crippen molar-refractivity contribution in [3.8, 4) is 16.9 Å². The summed E-state index contributed by atoms with van der Waals surface area (Å²) in [7, 11) is 0. The van der Waals surface area contributed by atoms with E-state index >= 15 is 0 Å². The molecule has 1 N–H and O–H groups in total. The Balaban J connectivity index is 1.73. The average Bonchev–Trinajstić information content (AvgIpc) is 2.66. The number of fused-ring (bicyclic) bond motifs is 5. The summed E-state index contributed by atoms with van der Waals surface area (Å²) in [6.45, 7) is 6.54. The van der Waals surface area contributed by atoms with Gasteiger partial charge >= 0.3 is 0 Å². The van der Waals surface area contributed by atoms with E-state index in [-0.39, 0.29) is 17.5 Å². The Bertz CT molecular complexity index is 1020. The number of allylic oxidation sites excluding steroid dienone is 1. The highest BCUT2D eigenvalue weighted by atomic mass is 19.1. The van der Waals surface area contributed by atoms with E-state index in [0.717, 1.165) is 29.0 Å². The standard InChI is InChI=1S/C25H26FNO/c1-15-5-4-6-16(13-15)24-23-18(20-14-17(26)7-10-22(20)28-24)8-9-21-19(23)11-12-25(2,3)27-21/h7-14,16,24,27H,4-6H2,1-3H3. The van der Waals surface area contributed by atoms with Crippen molar-refractivity contribution in [2.45, 2.75) is 51.7 Å². The van der Waals surface area contributed by atoms with Crippen LogP contribution in [-0.4, -0.2) is 5.54 Å². The Morgan fingerprint density at radius 3 is 2.82 bits per heavy atom. The van der Waals surface area contributed by atoms with Gasteiger partial charge in [-0.3, -0.25) is 0 Å². The van der Waals surface area contributed by atoms with Gasteiger partial charge < -0.3 is 10.1 Å². The molecule has 2 nitrogen and oxygen atoms in total. The molecule has 2 unspecified atom stereocenters. The van der Waals surface area contributed by atoms with Gasteiger partial charge in [0.05, 0.1) is 5.54 Å². The molecule has 2 aromatic rings. The largest absolute Gasteiger partial charge is 0.484 e. The molecular weight excluding hydrogens is 349 g/mol. The molecule has 0 spiro atoms. The van der Waals surface area contributed by atoms with Crippen LogP contribution in [0.2, 0.25) is 0 Å². The van der Waals surface area contributed by atoms with Crippen LogP contribution in [0.15, 0.2) is 48.1 Å². The highest BCUT2D eigenvalue weighted by Crippen LogP contribution is 2.51. The summed E-state index contributed by atoms with van der Waals surface area (Å²) < 4.78 is 20.6. The molecule has 2 aliphatic heterocycles. The second kappa shape index (κ2) is 6.23. The molecule has 0 amide bonds. The van der Waals surface area contributed by atoms with E-state index in [1.54, 1.807) is 12.1 Å². The minimum absolute atomic E-state index is 0.0502. The second-order valence-corrected chi connectivity index (χ2v) is 8.92. The molecule has 1 aliphatic carbocycles. The van der Waals surface area contributed by atoms with Crippen LogP contribution in [0.25, 0.3) is 17.2 Å². The normalized spacial score (nSPS) is 24.2. The van der Waals surface area contributed by atoms with Gasteiger partial charge in [0.25, 0.3) is 0 Å². The quantitative estimate of drug-likeness (QED) is 0.548. The molecule has 0 aromatic heterocycles. The van der Waals surface area contributed by atoms with Crippen LogP contribution in [-0.2, 0) is 0 Å². The molecule has 0 saturated carbocycles. The van der Waals surface area contributed by atoms with Crippen LogP contribution in [0.5, 0.6) is 5.75 Å². The average molecular weight is 375 g/mol. The molecule has 0 radical (unpaired) electrons. The number of anilines is 1. The zero-order chi connectivity index (χ0) is 19.5. The van der Waals surface area contributed by atoms with Crippen LogP contribution < -0.4 is 10.1 Å². The smallest absolute Gasteiger partial charge is 0.131 e. The summed E-state index contributed by atoms with van der Waals surface area (Å²) in [4.78, 5) is 0. The van der Waals surface area contributed by atoms with Gasteiger partial charge in [0.1, 0.15) is 17.7 Å². The van der Waals surface area contributed by atoms with Crippen molar-refractivity contribution in [2.24, 2.45) is 5.92 Å². The Hall–Kier alpha value is -2.55. The lowest BCUT2D eigenvalue weighted by atomic mass is 9.78. The molecule has 5 rings (SSSR count). The van der Waals surface area contributed by atoms with Crippen LogP contribution in [0, 0.1) is 11.7 Å². The molecule has 2 aromatic carbocycles. The van der Waals surface area contributed by atoms with E-state index in [0.29, 0.717) is 5.92 Å². The monoisotopic (exact) mass is 375 g/mol. The van der Waals surface area contributed by atoms with Gasteiger partial charge in [-0.15, -0.1) is 0 Å². The highest BCUT2D eigenvalue weighted by Gasteiger charge is 2.36. The maximum Gasteiger partial charge on any atom is 0.131 e. The second-order valence-electron chi connectivity index (χ2n) is 8.92. The van der Waals surface area contributed by atoms with Crippen molar-refractivity contribution in [3.63, 3.8) is 0 Å². The Morgan fingerprint density at radius 1 is 1.14 bits per heavy atom. The first-order valence-corrected chi connectivity index (χ1v) is 10.2. The number of hydrogen-bond donors (Lipinski definition) is 1. The summed E-state index contributed by atoms with van der Waals surface area (Å²) in [5.74, 6) is 0.886. The third-order valence-electron chi connectivity index (χ3n) is 6.18. The van der Waals surface area contributed by atoms with E-state index in [2.05, 4.69) is 56.4 Å². The summed E-state index contributed by atoms with van der Waals surface area (Å²) in [5, 5.41) is 3.62. The lowest BCUT2D eigenvalue weighted by Crippen LogP contribution is -2.32. The predicted molar refractivity (Wildman–Crippen MR) is 113 cm³/mol. The molecule has 2 heterocycles. The molecular formula is C25H26FNO. The van der Waals surface area contributed by atoms with Crippen LogP contribution >= 0.6 is 0 Å². The van der Waals surface area contributed by atoms with Gasteiger partial charge in [-0.25, -0.2) is 4.39 Å². The van der Waals surface area contributed by atoms with E-state index < -0.39 is 0 Å². The molecule has 0 bridgehead atoms. The maximum absolute atomic E-state index is 14.0. The third kappa shape index (κ3) is 2.85. The number of benzene rings is 2. The number of halogens is 1. The molecule has 0 fully saturated rings. The third-order valence-corrected chi connectivity index (χ3v) is 6.18. The fourth-order valence-corrected chi connectivity index (χ4v) is 4.85. The first-order chi connectivity index (χ1) is 13.4. The van der Waals surface area contributed by atoms with Crippen molar-refractivity contribution in [3.05, 3.63) is 65.0 Å². The van der Waals surface area contributed by atoms with Crippen LogP contribution in [0.3, 0.4) is 0 Å². The lowest BCUT2D eigenvalue weighted by molar-refractivity contribution is 0.145. The first-order valence-electron chi connectivity index (χ1n) is 10.2. The number of nitrogens with one attached hydrogen (secondary N) is 1. The van der Waals surface area contributed by atoms with E-state index in [4.69, 9.17) is 4.74 Å². The molecule has 28 heavy (non-hydrogen) atoms. The van der Waals surface area contributed by atoms with Crippen LogP contribution in [0.1, 0.15) is 57.3 Å². The Kier molecular flexibility index (Phi) is 3.90. The van der Waals surface area contributed by atoms with E-state index in [9.17, 15) is 4.39 Å². The van der Waals surface area contributed by atoms with Gasteiger partial charge in [-0.2, -0.15) is 0 Å². The Labute approximate surface area is 166 Å². The summed E-state index contributed by atoms with van der Waals surface area (Å²) in [6, 6.07) is 9.12. The van der Waals surface area contributed by atoms with Crippen molar-refractivity contribution in [1.82, 2.24) is 0 Å². The molecule has 0 saturated heterocycles. The van der Waals surface area contributed by atoms with Crippen molar-refractivity contribution < 1.29 is 9.13 Å². The van der Waals surface area contributed by atoms with Crippen molar-refractivity contribution in [1.29, 1.82) is 0 Å². The number of hydrogen-bond acceptors (Lipinski definition) is 2. The number of rotatable bonds is 1. The van der Waals surface area contributed by atoms with Gasteiger partial charge in [0, 0.05) is 28.3 Å². The summed E-state index contributed by atoms with van der Waals surface area (Å²) in [5.41, 5.74) is 6.77. The first kappa shape index (κ1) is 17.5. The zero-order valence-electron chi connectivity index (χ0n) is 16.7. The van der Waals surface area contributed by atoms with Crippen molar-refractivity contribution >= 4 is 11.8 Å². The predicted octanol–water partition coefficient (Wildman–Crippen LogP) is 6.89. The van der Waals surface area contributed by atoms with Gasteiger partial charge in [0.15, 0.2) is 0 Å². The van der Waals surface area contributed by atoms with Crippen LogP contribution in [0.4, 0.5) is 10.1 Å². The van der Waals surface area contributed by atoms with E-state index in [1.165, 1.54) is 35.6 Å². The highest BCUT2D eigenvalue weighted by molar-refractivity contribution is 5.86. The molecule has 3 aliphatic rings. The topological polar surface area (TPSA) is 21.3 Å². The van der Waals surface area contributed by atoms with Gasteiger partial charge in [-0.1, -0.05) is 29.9 Å². The Morgan fingerprint density at radius 2 is 2.00 bits per heavy atom. The minimum Gasteiger partial charge on any atom is -0.484 e. The summed E-state index contributed by atoms with van der Waals surface area (Å²) >= 11 is 0. The van der Waals surface area contributed by atoms with Gasteiger partial charge in [-0.05, 0) is 69.9 Å².